The average molecular weight is 241 g/mol. The summed E-state index contributed by atoms with van der Waals surface area (Å²) in [7, 11) is 0. The van der Waals surface area contributed by atoms with Crippen molar-refractivity contribution in [2.75, 3.05) is 0 Å². The summed E-state index contributed by atoms with van der Waals surface area (Å²) >= 11 is 1.44. The van der Waals surface area contributed by atoms with Gasteiger partial charge >= 0.3 is 5.97 Å². The molecule has 0 aromatic carbocycles. The summed E-state index contributed by atoms with van der Waals surface area (Å²) in [5.74, 6) is -0.143. The maximum Gasteiger partial charge on any atom is 0.319 e. The van der Waals surface area contributed by atoms with Gasteiger partial charge in [0.15, 0.2) is 5.16 Å². The monoisotopic (exact) mass is 241 g/mol. The van der Waals surface area contributed by atoms with Crippen LogP contribution in [-0.4, -0.2) is 32.1 Å². The highest BCUT2D eigenvalue weighted by Gasteiger charge is 2.33. The van der Waals surface area contributed by atoms with Crippen molar-refractivity contribution in [2.24, 2.45) is 0 Å². The molecular formula is C10H15N3O2S. The normalized spacial score (nSPS) is 25.1. The molecule has 6 heteroatoms. The molecule has 5 nitrogen and oxygen atoms in total. The fraction of sp³-hybridized carbons (Fsp3) is 0.700. The van der Waals surface area contributed by atoms with E-state index in [1.54, 1.807) is 6.33 Å². The third-order valence-corrected chi connectivity index (χ3v) is 3.64. The van der Waals surface area contributed by atoms with E-state index in [9.17, 15) is 4.79 Å². The Kier molecular flexibility index (Phi) is 3.18. The van der Waals surface area contributed by atoms with Crippen molar-refractivity contribution < 1.29 is 9.53 Å². The highest BCUT2D eigenvalue weighted by molar-refractivity contribution is 8.00. The molecule has 0 bridgehead atoms. The minimum Gasteiger partial charge on any atom is -0.462 e. The van der Waals surface area contributed by atoms with Gasteiger partial charge in [0.05, 0.1) is 0 Å². The number of aromatic nitrogens is 3. The molecule has 2 rings (SSSR count). The molecule has 1 aromatic rings. The third-order valence-electron chi connectivity index (χ3n) is 2.47. The lowest BCUT2D eigenvalue weighted by molar-refractivity contribution is -0.140. The van der Waals surface area contributed by atoms with E-state index >= 15 is 0 Å². The molecule has 0 spiro atoms. The lowest BCUT2D eigenvalue weighted by atomic mass is 10.3. The SMILES string of the molecule is CC(C)n1cnnc1S[C@@H]1C[C@H](C)OC1=O. The molecule has 0 unspecified atom stereocenters. The molecule has 0 amide bonds. The molecule has 1 aliphatic heterocycles. The largest absolute Gasteiger partial charge is 0.462 e. The Morgan fingerprint density at radius 2 is 2.38 bits per heavy atom. The minimum absolute atomic E-state index is 0.0143. The molecular weight excluding hydrogens is 226 g/mol. The first-order valence-corrected chi connectivity index (χ1v) is 6.22. The summed E-state index contributed by atoms with van der Waals surface area (Å²) in [6.45, 7) is 6.03. The molecule has 2 atom stereocenters. The summed E-state index contributed by atoms with van der Waals surface area (Å²) in [6.07, 6.45) is 2.45. The lowest BCUT2D eigenvalue weighted by Gasteiger charge is -2.10. The Hall–Kier alpha value is -1.04. The Morgan fingerprint density at radius 3 is 2.94 bits per heavy atom. The molecule has 1 saturated heterocycles. The number of thioether (sulfide) groups is 1. The predicted octanol–water partition coefficient (Wildman–Crippen LogP) is 1.66. The first-order valence-electron chi connectivity index (χ1n) is 5.34. The average Bonchev–Trinajstić information content (AvgIpc) is 2.75. The van der Waals surface area contributed by atoms with Gasteiger partial charge < -0.3 is 9.30 Å². The van der Waals surface area contributed by atoms with Crippen LogP contribution in [0.4, 0.5) is 0 Å². The molecule has 0 N–H and O–H groups in total. The second-order valence-corrected chi connectivity index (χ2v) is 5.37. The van der Waals surface area contributed by atoms with Crippen LogP contribution in [0.3, 0.4) is 0 Å². The van der Waals surface area contributed by atoms with Crippen LogP contribution in [0.25, 0.3) is 0 Å². The van der Waals surface area contributed by atoms with Crippen LogP contribution in [0, 0.1) is 0 Å². The fourth-order valence-electron chi connectivity index (χ4n) is 1.61. The van der Waals surface area contributed by atoms with Crippen molar-refractivity contribution in [3.8, 4) is 0 Å². The van der Waals surface area contributed by atoms with Gasteiger partial charge in [0.2, 0.25) is 0 Å². The van der Waals surface area contributed by atoms with Crippen LogP contribution in [0.2, 0.25) is 0 Å². The van der Waals surface area contributed by atoms with Crippen LogP contribution in [0.1, 0.15) is 33.2 Å². The number of ether oxygens (including phenoxy) is 1. The molecule has 1 fully saturated rings. The summed E-state index contributed by atoms with van der Waals surface area (Å²) in [5, 5.41) is 8.54. The molecule has 2 heterocycles. The zero-order chi connectivity index (χ0) is 11.7. The van der Waals surface area contributed by atoms with Crippen LogP contribution in [0.5, 0.6) is 0 Å². The second-order valence-electron chi connectivity index (χ2n) is 4.20. The quantitative estimate of drug-likeness (QED) is 0.753. The number of hydrogen-bond acceptors (Lipinski definition) is 5. The Labute approximate surface area is 98.6 Å². The predicted molar refractivity (Wildman–Crippen MR) is 60.2 cm³/mol. The van der Waals surface area contributed by atoms with Crippen molar-refractivity contribution in [3.63, 3.8) is 0 Å². The Balaban J connectivity index is 2.09. The van der Waals surface area contributed by atoms with E-state index in [1.165, 1.54) is 11.8 Å². The number of esters is 1. The first-order chi connectivity index (χ1) is 7.58. The standard InChI is InChI=1S/C10H15N3O2S/c1-6(2)13-5-11-12-10(13)16-8-4-7(3)15-9(8)14/h5-8H,4H2,1-3H3/t7-,8+/m0/s1. The fourth-order valence-corrected chi connectivity index (χ4v) is 2.86. The van der Waals surface area contributed by atoms with Crippen molar-refractivity contribution in [2.45, 2.75) is 49.7 Å². The van der Waals surface area contributed by atoms with E-state index in [4.69, 9.17) is 4.74 Å². The second kappa shape index (κ2) is 4.45. The molecule has 1 aromatic heterocycles. The van der Waals surface area contributed by atoms with Crippen molar-refractivity contribution >= 4 is 17.7 Å². The molecule has 0 aliphatic carbocycles. The number of carbonyl (C=O) groups excluding carboxylic acids is 1. The van der Waals surface area contributed by atoms with Gasteiger partial charge in [0.25, 0.3) is 0 Å². The molecule has 0 radical (unpaired) electrons. The number of hydrogen-bond donors (Lipinski definition) is 0. The maximum absolute atomic E-state index is 11.5. The van der Waals surface area contributed by atoms with Gasteiger partial charge in [-0.25, -0.2) is 0 Å². The van der Waals surface area contributed by atoms with E-state index in [0.717, 1.165) is 11.6 Å². The third kappa shape index (κ3) is 2.21. The summed E-state index contributed by atoms with van der Waals surface area (Å²) in [4.78, 5) is 11.5. The summed E-state index contributed by atoms with van der Waals surface area (Å²) in [6, 6.07) is 0.298. The number of rotatable bonds is 3. The lowest BCUT2D eigenvalue weighted by Crippen LogP contribution is -2.11. The van der Waals surface area contributed by atoms with Gasteiger partial charge in [-0.2, -0.15) is 0 Å². The van der Waals surface area contributed by atoms with Gasteiger partial charge in [-0.3, -0.25) is 4.79 Å². The van der Waals surface area contributed by atoms with Crippen LogP contribution < -0.4 is 0 Å². The van der Waals surface area contributed by atoms with E-state index in [2.05, 4.69) is 24.0 Å². The van der Waals surface area contributed by atoms with E-state index in [1.807, 2.05) is 11.5 Å². The number of cyclic esters (lactones) is 1. The van der Waals surface area contributed by atoms with Crippen molar-refractivity contribution in [3.05, 3.63) is 6.33 Å². The topological polar surface area (TPSA) is 57.0 Å². The smallest absolute Gasteiger partial charge is 0.319 e. The number of carbonyl (C=O) groups is 1. The zero-order valence-corrected chi connectivity index (χ0v) is 10.4. The Morgan fingerprint density at radius 1 is 1.62 bits per heavy atom. The van der Waals surface area contributed by atoms with Gasteiger partial charge in [-0.05, 0) is 20.8 Å². The summed E-state index contributed by atoms with van der Waals surface area (Å²) in [5.41, 5.74) is 0. The van der Waals surface area contributed by atoms with Gasteiger partial charge in [-0.15, -0.1) is 10.2 Å². The zero-order valence-electron chi connectivity index (χ0n) is 9.58. The van der Waals surface area contributed by atoms with Crippen molar-refractivity contribution in [1.82, 2.24) is 14.8 Å². The Bertz CT molecular complexity index is 391. The van der Waals surface area contributed by atoms with Gasteiger partial charge in [0, 0.05) is 12.5 Å². The maximum atomic E-state index is 11.5. The molecule has 1 aliphatic rings. The van der Waals surface area contributed by atoms with E-state index in [0.29, 0.717) is 6.04 Å². The highest BCUT2D eigenvalue weighted by atomic mass is 32.2. The van der Waals surface area contributed by atoms with Gasteiger partial charge in [-0.1, -0.05) is 11.8 Å². The van der Waals surface area contributed by atoms with E-state index in [-0.39, 0.29) is 17.3 Å². The molecule has 0 saturated carbocycles. The molecule has 16 heavy (non-hydrogen) atoms. The van der Waals surface area contributed by atoms with Gasteiger partial charge in [0.1, 0.15) is 17.7 Å². The van der Waals surface area contributed by atoms with E-state index < -0.39 is 0 Å². The highest BCUT2D eigenvalue weighted by Crippen LogP contribution is 2.31. The van der Waals surface area contributed by atoms with Crippen LogP contribution in [-0.2, 0) is 9.53 Å². The van der Waals surface area contributed by atoms with Crippen molar-refractivity contribution in [1.29, 1.82) is 0 Å². The van der Waals surface area contributed by atoms with Crippen LogP contribution in [0.15, 0.2) is 11.5 Å². The minimum atomic E-state index is -0.143. The number of nitrogens with zero attached hydrogens (tertiary/aromatic N) is 3. The first kappa shape index (κ1) is 11.4. The summed E-state index contributed by atoms with van der Waals surface area (Å²) < 4.78 is 7.06. The van der Waals surface area contributed by atoms with Crippen LogP contribution >= 0.6 is 11.8 Å². The molecule has 88 valence electrons.